The summed E-state index contributed by atoms with van der Waals surface area (Å²) in [4.78, 5) is 4.56. The minimum Gasteiger partial charge on any atom is -0.491 e. The maximum absolute atomic E-state index is 5.73. The van der Waals surface area contributed by atoms with E-state index in [2.05, 4.69) is 52.3 Å². The fourth-order valence-corrected chi connectivity index (χ4v) is 3.27. The van der Waals surface area contributed by atoms with Crippen molar-refractivity contribution in [2.24, 2.45) is 4.99 Å². The van der Waals surface area contributed by atoms with Crippen molar-refractivity contribution in [1.29, 1.82) is 0 Å². The number of aliphatic imine (C=N–C) groups is 1. The molecule has 1 heterocycles. The van der Waals surface area contributed by atoms with Crippen LogP contribution in [0.15, 0.2) is 96.3 Å². The Labute approximate surface area is 197 Å². The lowest BCUT2D eigenvalue weighted by molar-refractivity contribution is -0.595. The monoisotopic (exact) mass is 441 g/mol. The Balaban J connectivity index is 1.72. The maximum atomic E-state index is 5.73. The molecule has 0 unspecified atom stereocenters. The van der Waals surface area contributed by atoms with Crippen LogP contribution in [-0.4, -0.2) is 18.4 Å². The SMILES string of the molecule is C/C=C\C(=C/C=Nc1ccc(OC(C)C)cc1)c1cc[n+](-c2ccc(OC(C)C)cc2)cc1. The van der Waals surface area contributed by atoms with Gasteiger partial charge in [0.05, 0.1) is 17.9 Å². The number of hydrogen-bond acceptors (Lipinski definition) is 3. The average molecular weight is 442 g/mol. The van der Waals surface area contributed by atoms with Crippen molar-refractivity contribution in [2.45, 2.75) is 46.8 Å². The van der Waals surface area contributed by atoms with Gasteiger partial charge in [-0.15, -0.1) is 0 Å². The maximum Gasteiger partial charge on any atom is 0.210 e. The van der Waals surface area contributed by atoms with Crippen LogP contribution in [0.2, 0.25) is 0 Å². The van der Waals surface area contributed by atoms with Gasteiger partial charge in [-0.1, -0.05) is 12.2 Å². The second kappa shape index (κ2) is 11.8. The Morgan fingerprint density at radius 2 is 1.33 bits per heavy atom. The van der Waals surface area contributed by atoms with Crippen molar-refractivity contribution in [2.75, 3.05) is 0 Å². The van der Waals surface area contributed by atoms with Gasteiger partial charge in [0.25, 0.3) is 0 Å². The first kappa shape index (κ1) is 24.0. The van der Waals surface area contributed by atoms with Crippen molar-refractivity contribution >= 4 is 17.5 Å². The lowest BCUT2D eigenvalue weighted by atomic mass is 10.1. The molecule has 0 aliphatic rings. The second-order valence-corrected chi connectivity index (χ2v) is 8.22. The van der Waals surface area contributed by atoms with Gasteiger partial charge in [0.2, 0.25) is 5.69 Å². The summed E-state index contributed by atoms with van der Waals surface area (Å²) < 4.78 is 13.5. The van der Waals surface area contributed by atoms with E-state index >= 15 is 0 Å². The van der Waals surface area contributed by atoms with E-state index in [9.17, 15) is 0 Å². The van der Waals surface area contributed by atoms with E-state index in [1.807, 2.05) is 89.4 Å². The van der Waals surface area contributed by atoms with E-state index in [4.69, 9.17) is 9.47 Å². The highest BCUT2D eigenvalue weighted by Crippen LogP contribution is 2.20. The fraction of sp³-hybridized carbons (Fsp3) is 0.241. The van der Waals surface area contributed by atoms with Crippen LogP contribution in [-0.2, 0) is 0 Å². The fourth-order valence-electron chi connectivity index (χ4n) is 3.27. The molecule has 0 amide bonds. The quantitative estimate of drug-likeness (QED) is 0.206. The minimum absolute atomic E-state index is 0.161. The number of allylic oxidation sites excluding steroid dienone is 4. The Kier molecular flexibility index (Phi) is 8.59. The van der Waals surface area contributed by atoms with Crippen molar-refractivity contribution in [1.82, 2.24) is 0 Å². The zero-order valence-corrected chi connectivity index (χ0v) is 20.1. The lowest BCUT2D eigenvalue weighted by Crippen LogP contribution is -2.29. The van der Waals surface area contributed by atoms with Gasteiger partial charge in [-0.05, 0) is 88.2 Å². The Morgan fingerprint density at radius 3 is 1.85 bits per heavy atom. The van der Waals surface area contributed by atoms with Crippen LogP contribution >= 0.6 is 0 Å². The molecule has 3 rings (SSSR count). The normalized spacial score (nSPS) is 12.3. The number of hydrogen-bond donors (Lipinski definition) is 0. The first-order valence-electron chi connectivity index (χ1n) is 11.4. The molecule has 0 N–H and O–H groups in total. The van der Waals surface area contributed by atoms with E-state index in [0.29, 0.717) is 0 Å². The van der Waals surface area contributed by atoms with E-state index in [-0.39, 0.29) is 12.2 Å². The van der Waals surface area contributed by atoms with Crippen molar-refractivity contribution in [3.8, 4) is 17.2 Å². The number of aromatic nitrogens is 1. The summed E-state index contributed by atoms with van der Waals surface area (Å²) >= 11 is 0. The van der Waals surface area contributed by atoms with E-state index in [1.54, 1.807) is 0 Å². The number of pyridine rings is 1. The molecule has 4 heteroatoms. The highest BCUT2D eigenvalue weighted by molar-refractivity contribution is 5.89. The summed E-state index contributed by atoms with van der Waals surface area (Å²) in [6, 6.07) is 20.1. The van der Waals surface area contributed by atoms with Crippen LogP contribution in [0.3, 0.4) is 0 Å². The molecule has 0 saturated carbocycles. The summed E-state index contributed by atoms with van der Waals surface area (Å²) in [6.45, 7) is 10.1. The van der Waals surface area contributed by atoms with Crippen molar-refractivity contribution in [3.05, 3.63) is 96.8 Å². The molecule has 0 bridgehead atoms. The van der Waals surface area contributed by atoms with Gasteiger partial charge < -0.3 is 9.47 Å². The van der Waals surface area contributed by atoms with Gasteiger partial charge >= 0.3 is 0 Å². The van der Waals surface area contributed by atoms with Gasteiger partial charge in [0.1, 0.15) is 11.5 Å². The molecule has 2 aromatic carbocycles. The molecule has 0 fully saturated rings. The minimum atomic E-state index is 0.161. The first-order valence-corrected chi connectivity index (χ1v) is 11.4. The van der Waals surface area contributed by atoms with Crippen molar-refractivity contribution in [3.63, 3.8) is 0 Å². The second-order valence-electron chi connectivity index (χ2n) is 8.22. The topological polar surface area (TPSA) is 34.7 Å². The van der Waals surface area contributed by atoms with Gasteiger partial charge in [-0.3, -0.25) is 4.99 Å². The Hall–Kier alpha value is -3.66. The first-order chi connectivity index (χ1) is 15.9. The van der Waals surface area contributed by atoms with Gasteiger partial charge in [0.15, 0.2) is 12.4 Å². The number of ether oxygens (including phenoxy) is 2. The summed E-state index contributed by atoms with van der Waals surface area (Å²) in [5.41, 5.74) is 4.18. The molecule has 33 heavy (non-hydrogen) atoms. The van der Waals surface area contributed by atoms with E-state index in [0.717, 1.165) is 34.0 Å². The molecular weight excluding hydrogens is 408 g/mol. The smallest absolute Gasteiger partial charge is 0.210 e. The Bertz CT molecular complexity index is 1090. The molecular formula is C29H33N2O2+. The van der Waals surface area contributed by atoms with Gasteiger partial charge in [-0.2, -0.15) is 4.57 Å². The van der Waals surface area contributed by atoms with Crippen LogP contribution in [0.25, 0.3) is 11.3 Å². The summed E-state index contributed by atoms with van der Waals surface area (Å²) in [6.07, 6.45) is 12.4. The van der Waals surface area contributed by atoms with Crippen LogP contribution < -0.4 is 14.0 Å². The Morgan fingerprint density at radius 1 is 0.788 bits per heavy atom. The average Bonchev–Trinajstić information content (AvgIpc) is 2.80. The standard InChI is InChI=1S/C29H33N2O2/c1-6-7-24(16-19-30-26-8-12-28(13-9-26)32-22(2)3)25-17-20-31(21-18-25)27-10-14-29(15-11-27)33-23(4)5/h6-23H,1-5H3/q+1/b7-6-,24-16+,30-19?. The largest absolute Gasteiger partial charge is 0.491 e. The number of nitrogens with zero attached hydrogens (tertiary/aromatic N) is 2. The molecule has 0 spiro atoms. The van der Waals surface area contributed by atoms with Crippen molar-refractivity contribution < 1.29 is 14.0 Å². The number of benzene rings is 2. The molecule has 0 atom stereocenters. The van der Waals surface area contributed by atoms with E-state index in [1.165, 1.54) is 0 Å². The molecule has 4 nitrogen and oxygen atoms in total. The third kappa shape index (κ3) is 7.46. The molecule has 0 aliphatic carbocycles. The molecule has 0 saturated heterocycles. The lowest BCUT2D eigenvalue weighted by Gasteiger charge is -2.09. The molecule has 0 radical (unpaired) electrons. The third-order valence-corrected chi connectivity index (χ3v) is 4.70. The van der Waals surface area contributed by atoms with Crippen LogP contribution in [0.1, 0.15) is 40.2 Å². The summed E-state index contributed by atoms with van der Waals surface area (Å²) in [7, 11) is 0. The summed E-state index contributed by atoms with van der Waals surface area (Å²) in [5, 5.41) is 0. The molecule has 0 aliphatic heterocycles. The predicted molar refractivity (Wildman–Crippen MR) is 137 cm³/mol. The third-order valence-electron chi connectivity index (χ3n) is 4.70. The van der Waals surface area contributed by atoms with Crippen LogP contribution in [0.5, 0.6) is 11.5 Å². The zero-order valence-electron chi connectivity index (χ0n) is 20.1. The highest BCUT2D eigenvalue weighted by Gasteiger charge is 2.08. The van der Waals surface area contributed by atoms with Gasteiger partial charge in [0, 0.05) is 30.5 Å². The molecule has 1 aromatic heterocycles. The zero-order chi connectivity index (χ0) is 23.6. The van der Waals surface area contributed by atoms with Crippen LogP contribution in [0, 0.1) is 0 Å². The summed E-state index contributed by atoms with van der Waals surface area (Å²) in [5.74, 6) is 1.74. The predicted octanol–water partition coefficient (Wildman–Crippen LogP) is 6.90. The molecule has 3 aromatic rings. The van der Waals surface area contributed by atoms with E-state index < -0.39 is 0 Å². The van der Waals surface area contributed by atoms with Crippen LogP contribution in [0.4, 0.5) is 5.69 Å². The number of rotatable bonds is 9. The van der Waals surface area contributed by atoms with Gasteiger partial charge in [-0.25, -0.2) is 0 Å². The highest BCUT2D eigenvalue weighted by atomic mass is 16.5. The molecule has 170 valence electrons.